The number of nitrogens with one attached hydrogen (secondary N) is 1. The van der Waals surface area contributed by atoms with Crippen molar-refractivity contribution >= 4 is 47.2 Å². The highest BCUT2D eigenvalue weighted by Gasteiger charge is 2.39. The summed E-state index contributed by atoms with van der Waals surface area (Å²) in [5, 5.41) is 6.74. The van der Waals surface area contributed by atoms with Gasteiger partial charge in [0.1, 0.15) is 0 Å². The van der Waals surface area contributed by atoms with E-state index in [1.165, 1.54) is 25.7 Å². The van der Waals surface area contributed by atoms with Gasteiger partial charge >= 0.3 is 0 Å². The highest BCUT2D eigenvalue weighted by Crippen LogP contribution is 2.33. The molecule has 5 nitrogen and oxygen atoms in total. The molecule has 0 aromatic carbocycles. The van der Waals surface area contributed by atoms with Crippen LogP contribution in [0.1, 0.15) is 38.5 Å². The number of carbonyl (C=O) groups excluding carboxylic acids is 1. The fraction of sp³-hybridized carbons (Fsp3) is 0.765. The van der Waals surface area contributed by atoms with Gasteiger partial charge in [-0.2, -0.15) is 0 Å². The molecule has 1 aromatic rings. The van der Waals surface area contributed by atoms with E-state index in [9.17, 15) is 4.79 Å². The molecule has 3 fully saturated rings. The van der Waals surface area contributed by atoms with Crippen molar-refractivity contribution in [2.75, 3.05) is 31.1 Å². The van der Waals surface area contributed by atoms with E-state index < -0.39 is 0 Å². The van der Waals surface area contributed by atoms with Crippen molar-refractivity contribution in [1.82, 2.24) is 15.2 Å². The fourth-order valence-electron chi connectivity index (χ4n) is 4.43. The minimum Gasteiger partial charge on any atom is -0.346 e. The molecule has 4 rings (SSSR count). The molecule has 3 aliphatic rings. The summed E-state index contributed by atoms with van der Waals surface area (Å²) < 4.78 is 0. The Hall–Kier alpha value is -0.560. The van der Waals surface area contributed by atoms with Crippen molar-refractivity contribution in [3.8, 4) is 0 Å². The summed E-state index contributed by atoms with van der Waals surface area (Å²) in [5.74, 6) is 1.07. The topological polar surface area (TPSA) is 48.5 Å². The molecule has 1 aromatic heterocycles. The molecule has 3 heterocycles. The lowest BCUT2D eigenvalue weighted by Gasteiger charge is -2.25. The molecular weight excluding hydrogens is 379 g/mol. The van der Waals surface area contributed by atoms with Gasteiger partial charge in [0.2, 0.25) is 5.91 Å². The van der Waals surface area contributed by atoms with Gasteiger partial charge in [0.15, 0.2) is 5.13 Å². The number of fused-ring (bicyclic) bond motifs is 1. The molecule has 25 heavy (non-hydrogen) atoms. The Morgan fingerprint density at radius 3 is 2.72 bits per heavy atom. The zero-order valence-electron chi connectivity index (χ0n) is 14.4. The summed E-state index contributed by atoms with van der Waals surface area (Å²) in [5.41, 5.74) is 0. The van der Waals surface area contributed by atoms with Crippen LogP contribution < -0.4 is 10.2 Å². The van der Waals surface area contributed by atoms with E-state index in [0.717, 1.165) is 50.1 Å². The molecule has 1 amide bonds. The molecule has 3 atom stereocenters. The maximum atomic E-state index is 12.9. The highest BCUT2D eigenvalue weighted by atomic mass is 35.5. The van der Waals surface area contributed by atoms with Gasteiger partial charge in [-0.15, -0.1) is 36.2 Å². The summed E-state index contributed by atoms with van der Waals surface area (Å²) in [6.45, 7) is 3.61. The number of rotatable bonds is 2. The Morgan fingerprint density at radius 2 is 1.96 bits per heavy atom. The summed E-state index contributed by atoms with van der Waals surface area (Å²) >= 11 is 1.69. The zero-order chi connectivity index (χ0) is 15.6. The van der Waals surface area contributed by atoms with Gasteiger partial charge in [0.05, 0.1) is 6.04 Å². The number of anilines is 1. The van der Waals surface area contributed by atoms with Gasteiger partial charge in [-0.05, 0) is 31.6 Å². The molecule has 0 radical (unpaired) electrons. The fourth-order valence-corrected chi connectivity index (χ4v) is 5.13. The lowest BCUT2D eigenvalue weighted by molar-refractivity contribution is -0.133. The van der Waals surface area contributed by atoms with E-state index in [1.54, 1.807) is 11.3 Å². The standard InChI is InChI=1S/C17H26N4OS.2ClH/c22-16(15-12-13-4-1-2-5-14(13)19-15)20-7-3-8-21(10-9-20)17-18-6-11-23-17;;/h6,11,13-15,19H,1-5,7-10,12H2;2*1H. The summed E-state index contributed by atoms with van der Waals surface area (Å²) in [4.78, 5) is 21.7. The smallest absolute Gasteiger partial charge is 0.239 e. The number of aromatic nitrogens is 1. The SMILES string of the molecule is Cl.Cl.O=C(C1CC2CCCCC2N1)N1CCCN(c2nccs2)CC1. The first-order valence-electron chi connectivity index (χ1n) is 9.00. The number of amides is 1. The maximum absolute atomic E-state index is 12.9. The van der Waals surface area contributed by atoms with Gasteiger partial charge in [-0.3, -0.25) is 4.79 Å². The normalized spacial score (nSPS) is 29.2. The van der Waals surface area contributed by atoms with Crippen molar-refractivity contribution in [3.05, 3.63) is 11.6 Å². The Bertz CT molecular complexity index is 531. The van der Waals surface area contributed by atoms with E-state index in [0.29, 0.717) is 11.9 Å². The number of halogens is 2. The van der Waals surface area contributed by atoms with Crippen LogP contribution in [-0.2, 0) is 4.79 Å². The van der Waals surface area contributed by atoms with Crippen LogP contribution in [0.15, 0.2) is 11.6 Å². The zero-order valence-corrected chi connectivity index (χ0v) is 16.9. The van der Waals surface area contributed by atoms with Crippen LogP contribution in [0.25, 0.3) is 0 Å². The molecule has 0 bridgehead atoms. The van der Waals surface area contributed by atoms with Crippen LogP contribution >= 0.6 is 36.2 Å². The van der Waals surface area contributed by atoms with Crippen molar-refractivity contribution in [2.45, 2.75) is 50.6 Å². The van der Waals surface area contributed by atoms with E-state index in [2.05, 4.69) is 20.1 Å². The summed E-state index contributed by atoms with van der Waals surface area (Å²) in [6, 6.07) is 0.658. The van der Waals surface area contributed by atoms with Gasteiger partial charge < -0.3 is 15.1 Å². The molecule has 0 spiro atoms. The predicted octanol–water partition coefficient (Wildman–Crippen LogP) is 2.95. The third-order valence-electron chi connectivity index (χ3n) is 5.66. The van der Waals surface area contributed by atoms with Crippen LogP contribution in [0, 0.1) is 5.92 Å². The Kier molecular flexibility index (Phi) is 7.80. The molecule has 1 N–H and O–H groups in total. The molecule has 2 saturated heterocycles. The largest absolute Gasteiger partial charge is 0.346 e. The third-order valence-corrected chi connectivity index (χ3v) is 6.49. The summed E-state index contributed by atoms with van der Waals surface area (Å²) in [6.07, 6.45) is 9.17. The number of carbonyl (C=O) groups is 1. The van der Waals surface area contributed by atoms with Crippen molar-refractivity contribution in [3.63, 3.8) is 0 Å². The van der Waals surface area contributed by atoms with E-state index in [-0.39, 0.29) is 30.9 Å². The first kappa shape index (κ1) is 20.7. The first-order valence-corrected chi connectivity index (χ1v) is 9.88. The van der Waals surface area contributed by atoms with E-state index >= 15 is 0 Å². The van der Waals surface area contributed by atoms with Gasteiger partial charge in [0, 0.05) is 43.8 Å². The third kappa shape index (κ3) is 4.59. The average Bonchev–Trinajstić information content (AvgIpc) is 3.19. The Morgan fingerprint density at radius 1 is 1.12 bits per heavy atom. The molecule has 1 saturated carbocycles. The molecule has 8 heteroatoms. The quantitative estimate of drug-likeness (QED) is 0.819. The van der Waals surface area contributed by atoms with Crippen LogP contribution in [-0.4, -0.2) is 54.1 Å². The second kappa shape index (κ2) is 9.40. The molecule has 142 valence electrons. The summed E-state index contributed by atoms with van der Waals surface area (Å²) in [7, 11) is 0. The molecule has 1 aliphatic carbocycles. The van der Waals surface area contributed by atoms with Gasteiger partial charge in [0.25, 0.3) is 0 Å². The minimum atomic E-state index is 0. The maximum Gasteiger partial charge on any atom is 0.239 e. The molecular formula is C17H28Cl2N4OS. The van der Waals surface area contributed by atoms with E-state index in [4.69, 9.17) is 0 Å². The molecule has 2 aliphatic heterocycles. The lowest BCUT2D eigenvalue weighted by atomic mass is 9.85. The Labute approximate surface area is 166 Å². The first-order chi connectivity index (χ1) is 11.3. The lowest BCUT2D eigenvalue weighted by Crippen LogP contribution is -2.46. The number of hydrogen-bond acceptors (Lipinski definition) is 5. The van der Waals surface area contributed by atoms with Crippen LogP contribution in [0.2, 0.25) is 0 Å². The second-order valence-electron chi connectivity index (χ2n) is 7.09. The predicted molar refractivity (Wildman–Crippen MR) is 107 cm³/mol. The Balaban J connectivity index is 0.00000113. The second-order valence-corrected chi connectivity index (χ2v) is 7.96. The highest BCUT2D eigenvalue weighted by molar-refractivity contribution is 7.13. The minimum absolute atomic E-state index is 0. The van der Waals surface area contributed by atoms with Crippen molar-refractivity contribution in [2.24, 2.45) is 5.92 Å². The van der Waals surface area contributed by atoms with Crippen LogP contribution in [0.3, 0.4) is 0 Å². The number of nitrogens with zero attached hydrogens (tertiary/aromatic N) is 3. The average molecular weight is 407 g/mol. The van der Waals surface area contributed by atoms with Crippen LogP contribution in [0.4, 0.5) is 5.13 Å². The van der Waals surface area contributed by atoms with Crippen molar-refractivity contribution in [1.29, 1.82) is 0 Å². The molecule has 3 unspecified atom stereocenters. The number of thiazole rings is 1. The van der Waals surface area contributed by atoms with Gasteiger partial charge in [-0.25, -0.2) is 4.98 Å². The monoisotopic (exact) mass is 406 g/mol. The van der Waals surface area contributed by atoms with Crippen LogP contribution in [0.5, 0.6) is 0 Å². The number of hydrogen-bond donors (Lipinski definition) is 1. The van der Waals surface area contributed by atoms with E-state index in [1.807, 2.05) is 11.6 Å². The van der Waals surface area contributed by atoms with Gasteiger partial charge in [-0.1, -0.05) is 12.8 Å². The van der Waals surface area contributed by atoms with Crippen molar-refractivity contribution < 1.29 is 4.79 Å².